The second-order valence-electron chi connectivity index (χ2n) is 4.50. The van der Waals surface area contributed by atoms with Crippen LogP contribution in [0.1, 0.15) is 39.0 Å². The summed E-state index contributed by atoms with van der Waals surface area (Å²) in [5, 5.41) is 0.735. The molecule has 64 valence electrons. The van der Waals surface area contributed by atoms with Crippen molar-refractivity contribution >= 4 is 12.6 Å². The van der Waals surface area contributed by atoms with Crippen molar-refractivity contribution in [2.45, 2.75) is 44.3 Å². The molecule has 0 spiro atoms. The van der Waals surface area contributed by atoms with Crippen LogP contribution in [-0.4, -0.2) is 5.25 Å². The largest absolute Gasteiger partial charge is 0.176 e. The molecule has 11 heavy (non-hydrogen) atoms. The molecular formula is C10H18S. The van der Waals surface area contributed by atoms with Crippen molar-refractivity contribution in [1.29, 1.82) is 0 Å². The first kappa shape index (κ1) is 7.97. The Balaban J connectivity index is 2.03. The molecule has 4 unspecified atom stereocenters. The molecule has 0 N–H and O–H groups in total. The Bertz CT molecular complexity index is 144. The molecule has 2 aliphatic carbocycles. The van der Waals surface area contributed by atoms with Crippen LogP contribution >= 0.6 is 12.6 Å². The third kappa shape index (κ3) is 1.44. The maximum atomic E-state index is 4.68. The highest BCUT2D eigenvalue weighted by molar-refractivity contribution is 7.81. The predicted octanol–water partition coefficient (Wildman–Crippen LogP) is 3.13. The third-order valence-corrected chi connectivity index (χ3v) is 4.20. The van der Waals surface area contributed by atoms with Gasteiger partial charge in [0.15, 0.2) is 0 Å². The zero-order chi connectivity index (χ0) is 7.84. The summed E-state index contributed by atoms with van der Waals surface area (Å²) in [6, 6.07) is 0. The van der Waals surface area contributed by atoms with Crippen LogP contribution in [0, 0.1) is 17.8 Å². The maximum absolute atomic E-state index is 4.68. The van der Waals surface area contributed by atoms with Gasteiger partial charge in [-0.1, -0.05) is 19.8 Å². The molecule has 2 rings (SSSR count). The van der Waals surface area contributed by atoms with Gasteiger partial charge in [-0.05, 0) is 37.0 Å². The lowest BCUT2D eigenvalue weighted by Gasteiger charge is -2.30. The van der Waals surface area contributed by atoms with E-state index < -0.39 is 0 Å². The van der Waals surface area contributed by atoms with Crippen molar-refractivity contribution in [3.05, 3.63) is 0 Å². The molecule has 2 fully saturated rings. The van der Waals surface area contributed by atoms with Crippen molar-refractivity contribution in [2.75, 3.05) is 0 Å². The lowest BCUT2D eigenvalue weighted by molar-refractivity contribution is 0.288. The van der Waals surface area contributed by atoms with E-state index >= 15 is 0 Å². The smallest absolute Gasteiger partial charge is 0.00478 e. The van der Waals surface area contributed by atoms with Gasteiger partial charge in [0.25, 0.3) is 0 Å². The zero-order valence-electron chi connectivity index (χ0n) is 7.29. The Morgan fingerprint density at radius 2 is 2.00 bits per heavy atom. The summed E-state index contributed by atoms with van der Waals surface area (Å²) in [4.78, 5) is 0. The lowest BCUT2D eigenvalue weighted by atomic mass is 9.81. The number of rotatable bonds is 0. The van der Waals surface area contributed by atoms with Gasteiger partial charge in [0, 0.05) is 5.25 Å². The lowest BCUT2D eigenvalue weighted by Crippen LogP contribution is -2.24. The third-order valence-electron chi connectivity index (χ3n) is 3.55. The number of fused-ring (bicyclic) bond motifs is 1. The molecule has 0 aromatic heterocycles. The van der Waals surface area contributed by atoms with Crippen molar-refractivity contribution in [3.63, 3.8) is 0 Å². The molecule has 1 heteroatoms. The van der Waals surface area contributed by atoms with E-state index in [9.17, 15) is 0 Å². The van der Waals surface area contributed by atoms with Gasteiger partial charge in [-0.15, -0.1) is 0 Å². The molecule has 2 saturated carbocycles. The van der Waals surface area contributed by atoms with Crippen LogP contribution in [0.25, 0.3) is 0 Å². The Kier molecular flexibility index (Phi) is 2.18. The first-order chi connectivity index (χ1) is 5.27. The zero-order valence-corrected chi connectivity index (χ0v) is 8.19. The second-order valence-corrected chi connectivity index (χ2v) is 5.16. The molecule has 4 atom stereocenters. The van der Waals surface area contributed by atoms with E-state index in [1.165, 1.54) is 32.1 Å². The summed E-state index contributed by atoms with van der Waals surface area (Å²) < 4.78 is 0. The summed E-state index contributed by atoms with van der Waals surface area (Å²) in [7, 11) is 0. The van der Waals surface area contributed by atoms with Crippen LogP contribution in [0.4, 0.5) is 0 Å². The number of thiol groups is 1. The van der Waals surface area contributed by atoms with Crippen LogP contribution in [0.15, 0.2) is 0 Å². The van der Waals surface area contributed by atoms with Gasteiger partial charge in [0.1, 0.15) is 0 Å². The minimum absolute atomic E-state index is 0.735. The Hall–Kier alpha value is 0.350. The summed E-state index contributed by atoms with van der Waals surface area (Å²) in [6.45, 7) is 2.40. The van der Waals surface area contributed by atoms with Gasteiger partial charge in [-0.2, -0.15) is 12.6 Å². The molecular weight excluding hydrogens is 152 g/mol. The van der Waals surface area contributed by atoms with Crippen LogP contribution < -0.4 is 0 Å². The van der Waals surface area contributed by atoms with E-state index in [4.69, 9.17) is 0 Å². The van der Waals surface area contributed by atoms with Gasteiger partial charge >= 0.3 is 0 Å². The Labute approximate surface area is 75.2 Å². The SMILES string of the molecule is CC1CC2CCCC(S)C2C1. The highest BCUT2D eigenvalue weighted by Crippen LogP contribution is 2.46. The molecule has 0 aromatic rings. The number of hydrogen-bond acceptors (Lipinski definition) is 1. The van der Waals surface area contributed by atoms with E-state index in [0.29, 0.717) is 0 Å². The minimum Gasteiger partial charge on any atom is -0.176 e. The summed E-state index contributed by atoms with van der Waals surface area (Å²) in [6.07, 6.45) is 7.24. The van der Waals surface area contributed by atoms with E-state index in [2.05, 4.69) is 19.6 Å². The standard InChI is InChI=1S/C10H18S/c1-7-5-8-3-2-4-10(11)9(8)6-7/h7-11H,2-6H2,1H3. The molecule has 0 amide bonds. The summed E-state index contributed by atoms with van der Waals surface area (Å²) >= 11 is 4.68. The second kappa shape index (κ2) is 3.01. The van der Waals surface area contributed by atoms with Crippen LogP contribution in [0.5, 0.6) is 0 Å². The highest BCUT2D eigenvalue weighted by atomic mass is 32.1. The first-order valence-corrected chi connectivity index (χ1v) is 5.47. The first-order valence-electron chi connectivity index (χ1n) is 4.95. The summed E-state index contributed by atoms with van der Waals surface area (Å²) in [5.41, 5.74) is 0. The van der Waals surface area contributed by atoms with E-state index in [0.717, 1.165) is 23.0 Å². The molecule has 0 bridgehead atoms. The van der Waals surface area contributed by atoms with Crippen LogP contribution in [0.2, 0.25) is 0 Å². The fraction of sp³-hybridized carbons (Fsp3) is 1.00. The van der Waals surface area contributed by atoms with E-state index in [1.54, 1.807) is 0 Å². The van der Waals surface area contributed by atoms with E-state index in [-0.39, 0.29) is 0 Å². The Morgan fingerprint density at radius 3 is 2.73 bits per heavy atom. The molecule has 0 radical (unpaired) electrons. The molecule has 2 aliphatic rings. The quantitative estimate of drug-likeness (QED) is 0.531. The topological polar surface area (TPSA) is 0 Å². The average Bonchev–Trinajstić information content (AvgIpc) is 2.31. The fourth-order valence-electron chi connectivity index (χ4n) is 3.05. The van der Waals surface area contributed by atoms with Crippen LogP contribution in [0.3, 0.4) is 0 Å². The minimum atomic E-state index is 0.735. The van der Waals surface area contributed by atoms with Gasteiger partial charge in [-0.3, -0.25) is 0 Å². The monoisotopic (exact) mass is 170 g/mol. The normalized spacial score (nSPS) is 50.7. The predicted molar refractivity (Wildman–Crippen MR) is 52.0 cm³/mol. The van der Waals surface area contributed by atoms with Crippen molar-refractivity contribution < 1.29 is 0 Å². The maximum Gasteiger partial charge on any atom is 0.00478 e. The molecule has 0 aromatic carbocycles. The van der Waals surface area contributed by atoms with Crippen LogP contribution in [-0.2, 0) is 0 Å². The van der Waals surface area contributed by atoms with E-state index in [1.807, 2.05) is 0 Å². The molecule has 0 aliphatic heterocycles. The fourth-order valence-corrected chi connectivity index (χ4v) is 3.60. The number of hydrogen-bond donors (Lipinski definition) is 1. The molecule has 0 nitrogen and oxygen atoms in total. The molecule has 0 heterocycles. The van der Waals surface area contributed by atoms with Crippen molar-refractivity contribution in [3.8, 4) is 0 Å². The van der Waals surface area contributed by atoms with Crippen molar-refractivity contribution in [2.24, 2.45) is 17.8 Å². The average molecular weight is 170 g/mol. The van der Waals surface area contributed by atoms with Gasteiger partial charge in [0.05, 0.1) is 0 Å². The summed E-state index contributed by atoms with van der Waals surface area (Å²) in [5.74, 6) is 3.00. The van der Waals surface area contributed by atoms with Gasteiger partial charge in [0.2, 0.25) is 0 Å². The highest BCUT2D eigenvalue weighted by Gasteiger charge is 2.37. The van der Waals surface area contributed by atoms with Gasteiger partial charge in [-0.25, -0.2) is 0 Å². The molecule has 0 saturated heterocycles. The van der Waals surface area contributed by atoms with Gasteiger partial charge < -0.3 is 0 Å². The van der Waals surface area contributed by atoms with Crippen molar-refractivity contribution in [1.82, 2.24) is 0 Å². The Morgan fingerprint density at radius 1 is 1.18 bits per heavy atom.